The van der Waals surface area contributed by atoms with Gasteiger partial charge in [-0.2, -0.15) is 0 Å². The molecule has 0 spiro atoms. The monoisotopic (exact) mass is 238 g/mol. The second kappa shape index (κ2) is 6.19. The third kappa shape index (κ3) is 3.23. The fourth-order valence-corrected chi connectivity index (χ4v) is 3.89. The van der Waals surface area contributed by atoms with Crippen LogP contribution in [0.1, 0.15) is 64.7 Å². The van der Waals surface area contributed by atoms with E-state index in [1.165, 1.54) is 70.9 Å². The summed E-state index contributed by atoms with van der Waals surface area (Å²) in [6.07, 6.45) is 12.6. The van der Waals surface area contributed by atoms with Crippen LogP contribution in [0.25, 0.3) is 0 Å². The van der Waals surface area contributed by atoms with E-state index >= 15 is 0 Å². The van der Waals surface area contributed by atoms with E-state index in [-0.39, 0.29) is 0 Å². The Morgan fingerprint density at radius 3 is 2.53 bits per heavy atom. The minimum absolute atomic E-state index is 0.470. The number of rotatable bonds is 4. The first kappa shape index (κ1) is 13.4. The lowest BCUT2D eigenvalue weighted by Gasteiger charge is -2.38. The first-order valence-corrected chi connectivity index (χ1v) is 7.74. The first-order chi connectivity index (χ1) is 8.29. The van der Waals surface area contributed by atoms with Gasteiger partial charge in [-0.15, -0.1) is 0 Å². The van der Waals surface area contributed by atoms with Crippen molar-refractivity contribution in [2.24, 2.45) is 11.1 Å². The van der Waals surface area contributed by atoms with Crippen LogP contribution < -0.4 is 5.73 Å². The van der Waals surface area contributed by atoms with Crippen molar-refractivity contribution in [3.8, 4) is 0 Å². The molecule has 1 aliphatic heterocycles. The minimum Gasteiger partial charge on any atom is -0.330 e. The third-order valence-electron chi connectivity index (χ3n) is 5.11. The Bertz CT molecular complexity index is 221. The minimum atomic E-state index is 0.470. The van der Waals surface area contributed by atoms with Crippen molar-refractivity contribution < 1.29 is 0 Å². The molecule has 0 bridgehead atoms. The molecule has 2 N–H and O–H groups in total. The van der Waals surface area contributed by atoms with E-state index in [0.717, 1.165) is 12.6 Å². The summed E-state index contributed by atoms with van der Waals surface area (Å²) >= 11 is 0. The molecule has 0 aromatic carbocycles. The molecule has 1 saturated heterocycles. The molecule has 100 valence electrons. The molecule has 0 aromatic rings. The largest absolute Gasteiger partial charge is 0.330 e. The van der Waals surface area contributed by atoms with Crippen LogP contribution in [0, 0.1) is 5.41 Å². The maximum absolute atomic E-state index is 6.09. The van der Waals surface area contributed by atoms with Gasteiger partial charge in [-0.1, -0.05) is 32.6 Å². The molecule has 1 saturated carbocycles. The van der Waals surface area contributed by atoms with E-state index in [1.54, 1.807) is 0 Å². The molecule has 1 aliphatic carbocycles. The second-order valence-corrected chi connectivity index (χ2v) is 6.29. The van der Waals surface area contributed by atoms with Crippen LogP contribution in [0.2, 0.25) is 0 Å². The number of likely N-dealkylation sites (tertiary alicyclic amines) is 1. The van der Waals surface area contributed by atoms with Gasteiger partial charge >= 0.3 is 0 Å². The lowest BCUT2D eigenvalue weighted by Crippen LogP contribution is -2.45. The van der Waals surface area contributed by atoms with Gasteiger partial charge in [0.2, 0.25) is 0 Å². The van der Waals surface area contributed by atoms with Crippen molar-refractivity contribution in [1.82, 2.24) is 4.90 Å². The van der Waals surface area contributed by atoms with Crippen molar-refractivity contribution in [2.75, 3.05) is 19.6 Å². The highest BCUT2D eigenvalue weighted by Gasteiger charge is 2.35. The highest BCUT2D eigenvalue weighted by Crippen LogP contribution is 2.39. The highest BCUT2D eigenvalue weighted by molar-refractivity contribution is 4.90. The molecular weight excluding hydrogens is 208 g/mol. The molecule has 1 atom stereocenters. The summed E-state index contributed by atoms with van der Waals surface area (Å²) in [5.74, 6) is 0. The Morgan fingerprint density at radius 1 is 1.12 bits per heavy atom. The van der Waals surface area contributed by atoms with Crippen LogP contribution in [0.4, 0.5) is 0 Å². The van der Waals surface area contributed by atoms with Gasteiger partial charge in [0.25, 0.3) is 0 Å². The van der Waals surface area contributed by atoms with Crippen LogP contribution in [-0.4, -0.2) is 30.6 Å². The van der Waals surface area contributed by atoms with Crippen LogP contribution in [-0.2, 0) is 0 Å². The van der Waals surface area contributed by atoms with Crippen molar-refractivity contribution in [3.05, 3.63) is 0 Å². The zero-order valence-electron chi connectivity index (χ0n) is 11.6. The van der Waals surface area contributed by atoms with Gasteiger partial charge in [0.05, 0.1) is 0 Å². The van der Waals surface area contributed by atoms with E-state index in [9.17, 15) is 0 Å². The summed E-state index contributed by atoms with van der Waals surface area (Å²) in [4.78, 5) is 2.78. The van der Waals surface area contributed by atoms with Gasteiger partial charge in [0.15, 0.2) is 0 Å². The quantitative estimate of drug-likeness (QED) is 0.815. The van der Waals surface area contributed by atoms with E-state index in [1.807, 2.05) is 0 Å². The summed E-state index contributed by atoms with van der Waals surface area (Å²) in [5.41, 5.74) is 6.56. The molecule has 2 heteroatoms. The molecule has 0 aromatic heterocycles. The van der Waals surface area contributed by atoms with Crippen molar-refractivity contribution in [1.29, 1.82) is 0 Å². The number of nitrogens with two attached hydrogens (primary N) is 1. The summed E-state index contributed by atoms with van der Waals surface area (Å²) in [6, 6.07) is 0.835. The molecule has 2 rings (SSSR count). The standard InChI is InChI=1S/C15H30N2/c1-2-14-8-4-3-7-11-17(14)13-15(12-16)9-5-6-10-15/h14H,2-13,16H2,1H3. The topological polar surface area (TPSA) is 29.3 Å². The second-order valence-electron chi connectivity index (χ2n) is 6.29. The molecular formula is C15H30N2. The number of nitrogens with zero attached hydrogens (tertiary/aromatic N) is 1. The predicted molar refractivity (Wildman–Crippen MR) is 74.1 cm³/mol. The number of hydrogen-bond donors (Lipinski definition) is 1. The molecule has 0 radical (unpaired) electrons. The fraction of sp³-hybridized carbons (Fsp3) is 1.00. The average molecular weight is 238 g/mol. The molecule has 1 unspecified atom stereocenters. The van der Waals surface area contributed by atoms with E-state index in [4.69, 9.17) is 5.73 Å². The van der Waals surface area contributed by atoms with Crippen LogP contribution in [0.15, 0.2) is 0 Å². The Labute approximate surface area is 107 Å². The zero-order valence-corrected chi connectivity index (χ0v) is 11.6. The summed E-state index contributed by atoms with van der Waals surface area (Å²) in [5, 5.41) is 0. The molecule has 2 nitrogen and oxygen atoms in total. The summed E-state index contributed by atoms with van der Waals surface area (Å²) < 4.78 is 0. The van der Waals surface area contributed by atoms with Gasteiger partial charge in [0.1, 0.15) is 0 Å². The van der Waals surface area contributed by atoms with E-state index in [2.05, 4.69) is 11.8 Å². The third-order valence-corrected chi connectivity index (χ3v) is 5.11. The maximum atomic E-state index is 6.09. The van der Waals surface area contributed by atoms with Crippen LogP contribution in [0.3, 0.4) is 0 Å². The zero-order chi connectivity index (χ0) is 12.1. The van der Waals surface area contributed by atoms with Gasteiger partial charge in [-0.3, -0.25) is 4.90 Å². The van der Waals surface area contributed by atoms with Gasteiger partial charge in [0, 0.05) is 12.6 Å². The number of hydrogen-bond acceptors (Lipinski definition) is 2. The SMILES string of the molecule is CCC1CCCCCN1CC1(CN)CCCC1. The van der Waals surface area contributed by atoms with Crippen molar-refractivity contribution >= 4 is 0 Å². The molecule has 1 heterocycles. The maximum Gasteiger partial charge on any atom is 0.00928 e. The van der Waals surface area contributed by atoms with Crippen LogP contribution in [0.5, 0.6) is 0 Å². The van der Waals surface area contributed by atoms with Crippen molar-refractivity contribution in [2.45, 2.75) is 70.8 Å². The predicted octanol–water partition coefficient (Wildman–Crippen LogP) is 3.16. The Morgan fingerprint density at radius 2 is 1.88 bits per heavy atom. The van der Waals surface area contributed by atoms with Crippen molar-refractivity contribution in [3.63, 3.8) is 0 Å². The summed E-state index contributed by atoms with van der Waals surface area (Å²) in [7, 11) is 0. The van der Waals surface area contributed by atoms with E-state index < -0.39 is 0 Å². The first-order valence-electron chi connectivity index (χ1n) is 7.74. The lowest BCUT2D eigenvalue weighted by atomic mass is 9.85. The normalized spacial score (nSPS) is 30.4. The smallest absolute Gasteiger partial charge is 0.00928 e. The Hall–Kier alpha value is -0.0800. The van der Waals surface area contributed by atoms with E-state index in [0.29, 0.717) is 5.41 Å². The fourth-order valence-electron chi connectivity index (χ4n) is 3.89. The summed E-state index contributed by atoms with van der Waals surface area (Å²) in [6.45, 7) is 5.86. The molecule has 17 heavy (non-hydrogen) atoms. The van der Waals surface area contributed by atoms with Gasteiger partial charge < -0.3 is 5.73 Å². The Kier molecular flexibility index (Phi) is 4.87. The lowest BCUT2D eigenvalue weighted by molar-refractivity contribution is 0.114. The van der Waals surface area contributed by atoms with Crippen LogP contribution >= 0.6 is 0 Å². The molecule has 0 amide bonds. The van der Waals surface area contributed by atoms with Gasteiger partial charge in [-0.05, 0) is 50.6 Å². The molecule has 2 aliphatic rings. The highest BCUT2D eigenvalue weighted by atomic mass is 15.2. The van der Waals surface area contributed by atoms with Gasteiger partial charge in [-0.25, -0.2) is 0 Å². The molecule has 2 fully saturated rings. The average Bonchev–Trinajstić information content (AvgIpc) is 2.70. The Balaban J connectivity index is 1.98.